The summed E-state index contributed by atoms with van der Waals surface area (Å²) in [7, 11) is 1.59. The number of ether oxygens (including phenoxy) is 1. The maximum Gasteiger partial charge on any atom is 0.215 e. The number of pyridine rings is 1. The van der Waals surface area contributed by atoms with Gasteiger partial charge < -0.3 is 15.0 Å². The van der Waals surface area contributed by atoms with Crippen LogP contribution in [0.4, 0.5) is 5.95 Å². The number of rotatable bonds is 4. The predicted octanol–water partition coefficient (Wildman–Crippen LogP) is 1.48. The van der Waals surface area contributed by atoms with Crippen molar-refractivity contribution in [3.63, 3.8) is 0 Å². The van der Waals surface area contributed by atoms with Crippen molar-refractivity contribution >= 4 is 17.1 Å². The van der Waals surface area contributed by atoms with Gasteiger partial charge in [-0.15, -0.1) is 0 Å². The zero-order valence-electron chi connectivity index (χ0n) is 11.4. The molecule has 104 valence electrons. The van der Waals surface area contributed by atoms with Crippen LogP contribution < -0.4 is 10.5 Å². The predicted molar refractivity (Wildman–Crippen MR) is 75.4 cm³/mol. The summed E-state index contributed by atoms with van der Waals surface area (Å²) in [5.41, 5.74) is 7.52. The average Bonchev–Trinajstić information content (AvgIpc) is 3.04. The Balaban J connectivity index is 2.02. The number of nitrogen functional groups attached to an aromatic ring is 1. The molecule has 0 aliphatic heterocycles. The van der Waals surface area contributed by atoms with E-state index in [1.54, 1.807) is 25.7 Å². The van der Waals surface area contributed by atoms with E-state index in [9.17, 15) is 0 Å². The van der Waals surface area contributed by atoms with Gasteiger partial charge in [0.1, 0.15) is 5.52 Å². The molecule has 0 aliphatic rings. The largest absolute Gasteiger partial charge is 0.481 e. The van der Waals surface area contributed by atoms with Crippen LogP contribution >= 0.6 is 0 Å². The van der Waals surface area contributed by atoms with Gasteiger partial charge in [0, 0.05) is 25.0 Å². The highest BCUT2D eigenvalue weighted by Gasteiger charge is 2.16. The molecule has 3 aromatic heterocycles. The van der Waals surface area contributed by atoms with Crippen molar-refractivity contribution in [3.05, 3.63) is 30.9 Å². The molecule has 7 heteroatoms. The van der Waals surface area contributed by atoms with E-state index in [0.29, 0.717) is 11.8 Å². The van der Waals surface area contributed by atoms with E-state index in [-0.39, 0.29) is 6.04 Å². The number of nitrogens with zero attached hydrogens (tertiary/aromatic N) is 5. The standard InChI is InChI=1S/C13H16N6O/c1-9(7-18-6-5-15-8-18)19-12-10(16-13(19)14)3-4-11(17-12)20-2/h3-6,8-9H,7H2,1-2H3,(H2,14,16). The molecule has 20 heavy (non-hydrogen) atoms. The molecule has 0 fully saturated rings. The number of nitrogens with two attached hydrogens (primary N) is 1. The Morgan fingerprint density at radius 3 is 2.90 bits per heavy atom. The molecule has 3 aromatic rings. The molecule has 2 N–H and O–H groups in total. The number of hydrogen-bond donors (Lipinski definition) is 1. The van der Waals surface area contributed by atoms with Crippen molar-refractivity contribution in [2.24, 2.45) is 0 Å². The third kappa shape index (κ3) is 2.07. The zero-order chi connectivity index (χ0) is 14.1. The molecule has 0 bridgehead atoms. The maximum absolute atomic E-state index is 6.02. The van der Waals surface area contributed by atoms with Gasteiger partial charge in [-0.1, -0.05) is 0 Å². The summed E-state index contributed by atoms with van der Waals surface area (Å²) in [5.74, 6) is 1.00. The SMILES string of the molecule is COc1ccc2nc(N)n(C(C)Cn3ccnc3)c2n1. The van der Waals surface area contributed by atoms with Crippen LogP contribution in [-0.4, -0.2) is 31.2 Å². The van der Waals surface area contributed by atoms with E-state index < -0.39 is 0 Å². The van der Waals surface area contributed by atoms with Gasteiger partial charge in [0.15, 0.2) is 5.65 Å². The lowest BCUT2D eigenvalue weighted by atomic mass is 10.3. The fraction of sp³-hybridized carbons (Fsp3) is 0.308. The molecule has 0 saturated heterocycles. The van der Waals surface area contributed by atoms with E-state index in [2.05, 4.69) is 21.9 Å². The summed E-state index contributed by atoms with van der Waals surface area (Å²) in [4.78, 5) is 12.8. The molecular formula is C13H16N6O. The molecule has 0 spiro atoms. The third-order valence-electron chi connectivity index (χ3n) is 3.22. The molecule has 0 aromatic carbocycles. The van der Waals surface area contributed by atoms with Crippen LogP contribution in [0.2, 0.25) is 0 Å². The van der Waals surface area contributed by atoms with E-state index in [0.717, 1.165) is 17.7 Å². The first-order chi connectivity index (χ1) is 9.69. The summed E-state index contributed by atoms with van der Waals surface area (Å²) >= 11 is 0. The van der Waals surface area contributed by atoms with Crippen LogP contribution in [-0.2, 0) is 6.54 Å². The van der Waals surface area contributed by atoms with Gasteiger partial charge in [-0.05, 0) is 13.0 Å². The van der Waals surface area contributed by atoms with Crippen molar-refractivity contribution in [1.29, 1.82) is 0 Å². The van der Waals surface area contributed by atoms with Crippen LogP contribution in [0.1, 0.15) is 13.0 Å². The fourth-order valence-corrected chi connectivity index (χ4v) is 2.30. The minimum Gasteiger partial charge on any atom is -0.481 e. The van der Waals surface area contributed by atoms with Crippen molar-refractivity contribution in [3.8, 4) is 5.88 Å². The van der Waals surface area contributed by atoms with Crippen LogP contribution in [0.5, 0.6) is 5.88 Å². The molecule has 7 nitrogen and oxygen atoms in total. The maximum atomic E-state index is 6.02. The number of fused-ring (bicyclic) bond motifs is 1. The molecule has 0 aliphatic carbocycles. The molecule has 1 unspecified atom stereocenters. The highest BCUT2D eigenvalue weighted by Crippen LogP contribution is 2.24. The van der Waals surface area contributed by atoms with Crippen molar-refractivity contribution in [2.45, 2.75) is 19.5 Å². The number of anilines is 1. The minimum absolute atomic E-state index is 0.105. The van der Waals surface area contributed by atoms with E-state index in [1.807, 2.05) is 21.4 Å². The number of methoxy groups -OCH3 is 1. The highest BCUT2D eigenvalue weighted by atomic mass is 16.5. The second kappa shape index (κ2) is 4.84. The van der Waals surface area contributed by atoms with Crippen molar-refractivity contribution in [1.82, 2.24) is 24.1 Å². The number of imidazole rings is 2. The molecule has 0 radical (unpaired) electrons. The van der Waals surface area contributed by atoms with Crippen LogP contribution in [0, 0.1) is 0 Å². The van der Waals surface area contributed by atoms with Gasteiger partial charge in [0.25, 0.3) is 0 Å². The number of aromatic nitrogens is 5. The molecule has 1 atom stereocenters. The summed E-state index contributed by atoms with van der Waals surface area (Å²) in [6.07, 6.45) is 5.45. The third-order valence-corrected chi connectivity index (χ3v) is 3.22. The summed E-state index contributed by atoms with van der Waals surface area (Å²) in [5, 5.41) is 0. The van der Waals surface area contributed by atoms with E-state index in [1.165, 1.54) is 0 Å². The zero-order valence-corrected chi connectivity index (χ0v) is 11.4. The lowest BCUT2D eigenvalue weighted by molar-refractivity contribution is 0.398. The quantitative estimate of drug-likeness (QED) is 0.777. The summed E-state index contributed by atoms with van der Waals surface area (Å²) in [6.45, 7) is 2.81. The Bertz CT molecular complexity index is 718. The van der Waals surface area contributed by atoms with Gasteiger partial charge in [0.05, 0.1) is 19.5 Å². The lowest BCUT2D eigenvalue weighted by Crippen LogP contribution is -2.14. The van der Waals surface area contributed by atoms with Crippen molar-refractivity contribution < 1.29 is 4.74 Å². The van der Waals surface area contributed by atoms with E-state index in [4.69, 9.17) is 10.5 Å². The van der Waals surface area contributed by atoms with Crippen molar-refractivity contribution in [2.75, 3.05) is 12.8 Å². The van der Waals surface area contributed by atoms with Gasteiger partial charge in [-0.25, -0.2) is 9.97 Å². The highest BCUT2D eigenvalue weighted by molar-refractivity contribution is 5.75. The van der Waals surface area contributed by atoms with Gasteiger partial charge in [-0.3, -0.25) is 4.57 Å². The Morgan fingerprint density at radius 1 is 1.35 bits per heavy atom. The molecule has 0 amide bonds. The number of hydrogen-bond acceptors (Lipinski definition) is 5. The Morgan fingerprint density at radius 2 is 2.20 bits per heavy atom. The Labute approximate surface area is 116 Å². The topological polar surface area (TPSA) is 83.8 Å². The Kier molecular flexibility index (Phi) is 3.02. The van der Waals surface area contributed by atoms with Crippen LogP contribution in [0.25, 0.3) is 11.2 Å². The first-order valence-electron chi connectivity index (χ1n) is 6.33. The van der Waals surface area contributed by atoms with Gasteiger partial charge in [-0.2, -0.15) is 4.98 Å². The smallest absolute Gasteiger partial charge is 0.215 e. The monoisotopic (exact) mass is 272 g/mol. The normalized spacial score (nSPS) is 12.7. The molecular weight excluding hydrogens is 256 g/mol. The minimum atomic E-state index is 0.105. The second-order valence-corrected chi connectivity index (χ2v) is 4.64. The molecule has 3 rings (SSSR count). The van der Waals surface area contributed by atoms with Crippen LogP contribution in [0.15, 0.2) is 30.9 Å². The van der Waals surface area contributed by atoms with Gasteiger partial charge >= 0.3 is 0 Å². The second-order valence-electron chi connectivity index (χ2n) is 4.64. The Hall–Kier alpha value is -2.57. The van der Waals surface area contributed by atoms with Gasteiger partial charge in [0.2, 0.25) is 11.8 Å². The summed E-state index contributed by atoms with van der Waals surface area (Å²) < 4.78 is 9.07. The average molecular weight is 272 g/mol. The molecule has 0 saturated carbocycles. The summed E-state index contributed by atoms with van der Waals surface area (Å²) in [6, 6.07) is 3.74. The first kappa shape index (κ1) is 12.5. The van der Waals surface area contributed by atoms with E-state index >= 15 is 0 Å². The first-order valence-corrected chi connectivity index (χ1v) is 6.33. The lowest BCUT2D eigenvalue weighted by Gasteiger charge is -2.16. The van der Waals surface area contributed by atoms with Crippen LogP contribution in [0.3, 0.4) is 0 Å². The fourth-order valence-electron chi connectivity index (χ4n) is 2.30. The molecule has 3 heterocycles.